The Hall–Kier alpha value is -2.66. The second kappa shape index (κ2) is 9.88. The summed E-state index contributed by atoms with van der Waals surface area (Å²) < 4.78 is 5.19. The van der Waals surface area contributed by atoms with Gasteiger partial charge in [0.1, 0.15) is 0 Å². The third-order valence-electron chi connectivity index (χ3n) is 4.22. The minimum absolute atomic E-state index is 0.189. The van der Waals surface area contributed by atoms with Crippen molar-refractivity contribution < 1.29 is 14.3 Å². The third-order valence-corrected chi connectivity index (χ3v) is 4.22. The topological polar surface area (TPSA) is 58.6 Å². The second-order valence-corrected chi connectivity index (χ2v) is 6.65. The number of carbonyl (C=O) groups is 2. The van der Waals surface area contributed by atoms with Gasteiger partial charge < -0.3 is 10.1 Å². The van der Waals surface area contributed by atoms with E-state index in [2.05, 4.69) is 24.1 Å². The molecule has 0 bridgehead atoms. The zero-order valence-corrected chi connectivity index (χ0v) is 16.5. The lowest BCUT2D eigenvalue weighted by Gasteiger charge is -2.18. The lowest BCUT2D eigenvalue weighted by molar-refractivity contribution is 0.0378. The van der Waals surface area contributed by atoms with Crippen LogP contribution in [-0.4, -0.2) is 36.0 Å². The minimum Gasteiger partial charge on any atom is -0.459 e. The van der Waals surface area contributed by atoms with Crippen LogP contribution in [0.1, 0.15) is 54.0 Å². The maximum Gasteiger partial charge on any atom is 0.338 e. The first-order valence-electron chi connectivity index (χ1n) is 9.36. The predicted octanol–water partition coefficient (Wildman–Crippen LogP) is 4.35. The van der Waals surface area contributed by atoms with Crippen LogP contribution in [-0.2, 0) is 11.3 Å². The molecule has 1 N–H and O–H groups in total. The van der Waals surface area contributed by atoms with Gasteiger partial charge in [-0.3, -0.25) is 9.69 Å². The van der Waals surface area contributed by atoms with Crippen LogP contribution in [0.15, 0.2) is 48.5 Å². The summed E-state index contributed by atoms with van der Waals surface area (Å²) in [4.78, 5) is 26.8. The highest BCUT2D eigenvalue weighted by Crippen LogP contribution is 2.15. The summed E-state index contributed by atoms with van der Waals surface area (Å²) in [7, 11) is 0. The van der Waals surface area contributed by atoms with Gasteiger partial charge in [0.15, 0.2) is 0 Å². The highest BCUT2D eigenvalue weighted by atomic mass is 16.5. The predicted molar refractivity (Wildman–Crippen MR) is 108 cm³/mol. The van der Waals surface area contributed by atoms with Crippen molar-refractivity contribution in [1.82, 2.24) is 4.90 Å². The van der Waals surface area contributed by atoms with Crippen molar-refractivity contribution in [2.24, 2.45) is 0 Å². The third kappa shape index (κ3) is 6.22. The van der Waals surface area contributed by atoms with Gasteiger partial charge in [0.25, 0.3) is 5.91 Å². The molecular weight excluding hydrogens is 340 g/mol. The largest absolute Gasteiger partial charge is 0.459 e. The number of rotatable bonds is 8. The Morgan fingerprint density at radius 3 is 2.26 bits per heavy atom. The van der Waals surface area contributed by atoms with Crippen LogP contribution in [0.4, 0.5) is 5.69 Å². The highest BCUT2D eigenvalue weighted by Gasteiger charge is 2.12. The van der Waals surface area contributed by atoms with E-state index >= 15 is 0 Å². The molecular formula is C22H28N2O3. The van der Waals surface area contributed by atoms with Crippen molar-refractivity contribution in [2.45, 2.75) is 40.3 Å². The first-order valence-corrected chi connectivity index (χ1v) is 9.36. The van der Waals surface area contributed by atoms with Crippen molar-refractivity contribution in [2.75, 3.05) is 18.4 Å². The number of anilines is 1. The fraction of sp³-hybridized carbons (Fsp3) is 0.364. The molecule has 5 heteroatoms. The van der Waals surface area contributed by atoms with Gasteiger partial charge in [0.2, 0.25) is 0 Å². The summed E-state index contributed by atoms with van der Waals surface area (Å²) in [6.45, 7) is 10.7. The van der Waals surface area contributed by atoms with Gasteiger partial charge in [0, 0.05) is 17.8 Å². The summed E-state index contributed by atoms with van der Waals surface area (Å²) in [6, 6.07) is 14.4. The molecule has 2 rings (SSSR count). The summed E-state index contributed by atoms with van der Waals surface area (Å²) in [5.41, 5.74) is 2.73. The van der Waals surface area contributed by atoms with Crippen LogP contribution in [0.2, 0.25) is 0 Å². The number of carbonyl (C=O) groups excluding carboxylic acids is 2. The number of hydrogen-bond acceptors (Lipinski definition) is 4. The van der Waals surface area contributed by atoms with E-state index in [1.54, 1.807) is 38.1 Å². The number of esters is 1. The SMILES string of the molecule is CCN(CC)Cc1ccc(C(=O)Nc2cccc(C(=O)OC(C)C)c2)cc1. The molecule has 2 aromatic carbocycles. The Bertz CT molecular complexity index is 765. The van der Waals surface area contributed by atoms with E-state index in [0.717, 1.165) is 19.6 Å². The van der Waals surface area contributed by atoms with Crippen LogP contribution in [0.3, 0.4) is 0 Å². The minimum atomic E-state index is -0.401. The fourth-order valence-corrected chi connectivity index (χ4v) is 2.68. The molecule has 0 aliphatic heterocycles. The zero-order chi connectivity index (χ0) is 19.8. The number of benzene rings is 2. The molecule has 0 unspecified atom stereocenters. The number of amides is 1. The van der Waals surface area contributed by atoms with E-state index in [9.17, 15) is 9.59 Å². The van der Waals surface area contributed by atoms with Crippen molar-refractivity contribution in [1.29, 1.82) is 0 Å². The van der Waals surface area contributed by atoms with Crippen LogP contribution >= 0.6 is 0 Å². The van der Waals surface area contributed by atoms with E-state index in [1.165, 1.54) is 5.56 Å². The molecule has 27 heavy (non-hydrogen) atoms. The molecule has 0 aliphatic rings. The molecule has 0 fully saturated rings. The van der Waals surface area contributed by atoms with E-state index in [4.69, 9.17) is 4.74 Å². The van der Waals surface area contributed by atoms with Gasteiger partial charge in [0.05, 0.1) is 11.7 Å². The maximum atomic E-state index is 12.5. The summed E-state index contributed by atoms with van der Waals surface area (Å²) in [5, 5.41) is 2.83. The van der Waals surface area contributed by atoms with Crippen LogP contribution in [0, 0.1) is 0 Å². The molecule has 0 atom stereocenters. The van der Waals surface area contributed by atoms with E-state index in [0.29, 0.717) is 16.8 Å². The maximum absolute atomic E-state index is 12.5. The summed E-state index contributed by atoms with van der Waals surface area (Å²) in [6.07, 6.45) is -0.189. The molecule has 1 amide bonds. The summed E-state index contributed by atoms with van der Waals surface area (Å²) in [5.74, 6) is -0.611. The number of ether oxygens (including phenoxy) is 1. The van der Waals surface area contributed by atoms with E-state index in [1.807, 2.05) is 24.3 Å². The smallest absolute Gasteiger partial charge is 0.338 e. The summed E-state index contributed by atoms with van der Waals surface area (Å²) >= 11 is 0. The lowest BCUT2D eigenvalue weighted by Crippen LogP contribution is -2.22. The average molecular weight is 368 g/mol. The fourth-order valence-electron chi connectivity index (χ4n) is 2.68. The first kappa shape index (κ1) is 20.6. The van der Waals surface area contributed by atoms with Crippen LogP contribution in [0.5, 0.6) is 0 Å². The quantitative estimate of drug-likeness (QED) is 0.704. The molecule has 0 spiro atoms. The molecule has 0 radical (unpaired) electrons. The molecule has 0 aliphatic carbocycles. The van der Waals surface area contributed by atoms with Gasteiger partial charge in [-0.1, -0.05) is 32.0 Å². The second-order valence-electron chi connectivity index (χ2n) is 6.65. The molecule has 5 nitrogen and oxygen atoms in total. The Kier molecular flexibility index (Phi) is 7.55. The standard InChI is InChI=1S/C22H28N2O3/c1-5-24(6-2)15-17-10-12-18(13-11-17)21(25)23-20-9-7-8-19(14-20)22(26)27-16(3)4/h7-14,16H,5-6,15H2,1-4H3,(H,23,25). The number of nitrogens with one attached hydrogen (secondary N) is 1. The number of hydrogen-bond donors (Lipinski definition) is 1. The van der Waals surface area contributed by atoms with Gasteiger partial charge in [-0.25, -0.2) is 4.79 Å². The van der Waals surface area contributed by atoms with Gasteiger partial charge in [-0.2, -0.15) is 0 Å². The zero-order valence-electron chi connectivity index (χ0n) is 16.5. The van der Waals surface area contributed by atoms with Gasteiger partial charge in [-0.15, -0.1) is 0 Å². The van der Waals surface area contributed by atoms with E-state index < -0.39 is 5.97 Å². The van der Waals surface area contributed by atoms with Crippen molar-refractivity contribution in [3.63, 3.8) is 0 Å². The normalized spacial score (nSPS) is 10.9. The van der Waals surface area contributed by atoms with E-state index in [-0.39, 0.29) is 12.0 Å². The Morgan fingerprint density at radius 2 is 1.67 bits per heavy atom. The van der Waals surface area contributed by atoms with Crippen molar-refractivity contribution >= 4 is 17.6 Å². The average Bonchev–Trinajstić information content (AvgIpc) is 2.66. The Balaban J connectivity index is 2.03. The molecule has 0 aromatic heterocycles. The van der Waals surface area contributed by atoms with Crippen LogP contribution in [0.25, 0.3) is 0 Å². The van der Waals surface area contributed by atoms with Crippen molar-refractivity contribution in [3.05, 3.63) is 65.2 Å². The molecule has 144 valence electrons. The van der Waals surface area contributed by atoms with Crippen LogP contribution < -0.4 is 5.32 Å². The highest BCUT2D eigenvalue weighted by molar-refractivity contribution is 6.04. The van der Waals surface area contributed by atoms with Gasteiger partial charge in [-0.05, 0) is 62.8 Å². The molecule has 0 saturated carbocycles. The first-order chi connectivity index (χ1) is 12.9. The lowest BCUT2D eigenvalue weighted by atomic mass is 10.1. The monoisotopic (exact) mass is 368 g/mol. The molecule has 2 aromatic rings. The Morgan fingerprint density at radius 1 is 1.00 bits per heavy atom. The molecule has 0 heterocycles. The Labute approximate surface area is 161 Å². The molecule has 0 saturated heterocycles. The van der Waals surface area contributed by atoms with Crippen molar-refractivity contribution in [3.8, 4) is 0 Å². The van der Waals surface area contributed by atoms with Gasteiger partial charge >= 0.3 is 5.97 Å². The number of nitrogens with zero attached hydrogens (tertiary/aromatic N) is 1.